The fraction of sp³-hybridized carbons (Fsp3) is 0.929. The minimum atomic E-state index is 0.142. The van der Waals surface area contributed by atoms with Crippen molar-refractivity contribution < 1.29 is 4.79 Å². The molecule has 18 heavy (non-hydrogen) atoms. The first-order chi connectivity index (χ1) is 8.77. The molecule has 0 radical (unpaired) electrons. The highest BCUT2D eigenvalue weighted by Gasteiger charge is 2.20. The van der Waals surface area contributed by atoms with Crippen molar-refractivity contribution in [3.05, 3.63) is 0 Å². The van der Waals surface area contributed by atoms with Crippen LogP contribution < -0.4 is 5.32 Å². The lowest BCUT2D eigenvalue weighted by molar-refractivity contribution is 0.192. The maximum atomic E-state index is 12.1. The van der Waals surface area contributed by atoms with Crippen LogP contribution in [0.2, 0.25) is 0 Å². The molecule has 0 aromatic carbocycles. The van der Waals surface area contributed by atoms with Crippen LogP contribution in [-0.4, -0.2) is 54.6 Å². The van der Waals surface area contributed by atoms with Crippen LogP contribution in [0, 0.1) is 0 Å². The Labute approximate surface area is 111 Å². The van der Waals surface area contributed by atoms with Gasteiger partial charge in [0.15, 0.2) is 0 Å². The van der Waals surface area contributed by atoms with Gasteiger partial charge < -0.3 is 10.2 Å². The van der Waals surface area contributed by atoms with Gasteiger partial charge in [-0.25, -0.2) is 4.79 Å². The predicted octanol–water partition coefficient (Wildman–Crippen LogP) is 2.06. The molecule has 4 nitrogen and oxygen atoms in total. The molecular weight excluding hydrogens is 226 g/mol. The van der Waals surface area contributed by atoms with Gasteiger partial charge in [-0.05, 0) is 45.7 Å². The molecule has 0 aromatic rings. The number of urea groups is 1. The van der Waals surface area contributed by atoms with Gasteiger partial charge in [0, 0.05) is 25.7 Å². The van der Waals surface area contributed by atoms with Gasteiger partial charge in [0.25, 0.3) is 0 Å². The second-order valence-corrected chi connectivity index (χ2v) is 5.68. The molecular formula is C14H27N3O. The van der Waals surface area contributed by atoms with Crippen molar-refractivity contribution in [2.45, 2.75) is 51.5 Å². The van der Waals surface area contributed by atoms with E-state index in [0.717, 1.165) is 32.5 Å². The first-order valence-electron chi connectivity index (χ1n) is 7.54. The highest BCUT2D eigenvalue weighted by Crippen LogP contribution is 2.12. The molecule has 0 aromatic heterocycles. The van der Waals surface area contributed by atoms with E-state index < -0.39 is 0 Å². The highest BCUT2D eigenvalue weighted by molar-refractivity contribution is 5.74. The minimum absolute atomic E-state index is 0.142. The summed E-state index contributed by atoms with van der Waals surface area (Å²) in [7, 11) is 0. The van der Waals surface area contributed by atoms with E-state index in [2.05, 4.69) is 17.1 Å². The van der Waals surface area contributed by atoms with E-state index in [1.807, 2.05) is 4.90 Å². The number of rotatable bonds is 3. The number of nitrogens with one attached hydrogen (secondary N) is 1. The predicted molar refractivity (Wildman–Crippen MR) is 73.7 cm³/mol. The Morgan fingerprint density at radius 3 is 2.17 bits per heavy atom. The third kappa shape index (κ3) is 3.87. The molecule has 104 valence electrons. The Balaban J connectivity index is 1.69. The van der Waals surface area contributed by atoms with Gasteiger partial charge >= 0.3 is 6.03 Å². The van der Waals surface area contributed by atoms with Crippen LogP contribution >= 0.6 is 0 Å². The number of hydrogen-bond donors (Lipinski definition) is 1. The highest BCUT2D eigenvalue weighted by atomic mass is 16.2. The summed E-state index contributed by atoms with van der Waals surface area (Å²) in [4.78, 5) is 16.5. The van der Waals surface area contributed by atoms with Crippen LogP contribution in [0.3, 0.4) is 0 Å². The van der Waals surface area contributed by atoms with Crippen molar-refractivity contribution in [3.63, 3.8) is 0 Å². The molecule has 2 fully saturated rings. The van der Waals surface area contributed by atoms with Crippen molar-refractivity contribution in [2.24, 2.45) is 0 Å². The maximum absolute atomic E-state index is 12.1. The molecule has 2 heterocycles. The van der Waals surface area contributed by atoms with E-state index in [9.17, 15) is 4.79 Å². The Morgan fingerprint density at radius 2 is 1.56 bits per heavy atom. The monoisotopic (exact) mass is 253 g/mol. The molecule has 2 saturated heterocycles. The minimum Gasteiger partial charge on any atom is -0.336 e. The maximum Gasteiger partial charge on any atom is 0.317 e. The van der Waals surface area contributed by atoms with E-state index >= 15 is 0 Å². The average Bonchev–Trinajstić information content (AvgIpc) is 2.78. The normalized spacial score (nSPS) is 23.7. The smallest absolute Gasteiger partial charge is 0.317 e. The van der Waals surface area contributed by atoms with Crippen molar-refractivity contribution in [1.29, 1.82) is 0 Å². The summed E-state index contributed by atoms with van der Waals surface area (Å²) in [6, 6.07) is 0.617. The third-order valence-electron chi connectivity index (χ3n) is 4.21. The van der Waals surface area contributed by atoms with E-state index in [1.165, 1.54) is 38.8 Å². The molecule has 0 aliphatic carbocycles. The van der Waals surface area contributed by atoms with E-state index in [4.69, 9.17) is 0 Å². The van der Waals surface area contributed by atoms with Crippen LogP contribution in [0.1, 0.15) is 45.4 Å². The van der Waals surface area contributed by atoms with Gasteiger partial charge in [0.1, 0.15) is 0 Å². The van der Waals surface area contributed by atoms with Crippen LogP contribution in [0.5, 0.6) is 0 Å². The lowest BCUT2D eigenvalue weighted by Crippen LogP contribution is -2.46. The van der Waals surface area contributed by atoms with E-state index in [1.54, 1.807) is 0 Å². The molecule has 2 aliphatic rings. The zero-order chi connectivity index (χ0) is 12.8. The number of amides is 2. The van der Waals surface area contributed by atoms with Gasteiger partial charge in [-0.3, -0.25) is 4.90 Å². The van der Waals surface area contributed by atoms with Crippen molar-refractivity contribution in [3.8, 4) is 0 Å². The quantitative estimate of drug-likeness (QED) is 0.835. The molecule has 2 amide bonds. The summed E-state index contributed by atoms with van der Waals surface area (Å²) in [6.07, 6.45) is 7.49. The summed E-state index contributed by atoms with van der Waals surface area (Å²) in [5.74, 6) is 0. The summed E-state index contributed by atoms with van der Waals surface area (Å²) >= 11 is 0. The molecule has 0 bridgehead atoms. The molecule has 4 heteroatoms. The average molecular weight is 253 g/mol. The van der Waals surface area contributed by atoms with Gasteiger partial charge in [-0.15, -0.1) is 0 Å². The molecule has 0 spiro atoms. The lowest BCUT2D eigenvalue weighted by atomic mass is 10.2. The molecule has 1 N–H and O–H groups in total. The fourth-order valence-electron chi connectivity index (χ4n) is 2.93. The topological polar surface area (TPSA) is 35.6 Å². The first kappa shape index (κ1) is 13.7. The number of likely N-dealkylation sites (tertiary alicyclic amines) is 2. The molecule has 1 atom stereocenters. The summed E-state index contributed by atoms with van der Waals surface area (Å²) < 4.78 is 0. The zero-order valence-electron chi connectivity index (χ0n) is 11.7. The molecule has 0 saturated carbocycles. The van der Waals surface area contributed by atoms with Crippen molar-refractivity contribution >= 4 is 6.03 Å². The largest absolute Gasteiger partial charge is 0.336 e. The van der Waals surface area contributed by atoms with Gasteiger partial charge in [0.2, 0.25) is 0 Å². The Kier molecular flexibility index (Phi) is 5.29. The van der Waals surface area contributed by atoms with Crippen molar-refractivity contribution in [2.75, 3.05) is 32.7 Å². The third-order valence-corrected chi connectivity index (χ3v) is 4.21. The van der Waals surface area contributed by atoms with Crippen LogP contribution in [-0.2, 0) is 0 Å². The van der Waals surface area contributed by atoms with Gasteiger partial charge in [0.05, 0.1) is 0 Å². The number of carbonyl (C=O) groups excluding carboxylic acids is 1. The summed E-state index contributed by atoms with van der Waals surface area (Å²) in [6.45, 7) is 7.26. The van der Waals surface area contributed by atoms with E-state index in [-0.39, 0.29) is 6.03 Å². The second-order valence-electron chi connectivity index (χ2n) is 5.68. The van der Waals surface area contributed by atoms with Gasteiger partial charge in [-0.2, -0.15) is 0 Å². The number of nitrogens with zero attached hydrogens (tertiary/aromatic N) is 2. The first-order valence-corrected chi connectivity index (χ1v) is 7.54. The van der Waals surface area contributed by atoms with Gasteiger partial charge in [-0.1, -0.05) is 12.8 Å². The second kappa shape index (κ2) is 6.98. The Hall–Kier alpha value is -0.770. The standard InChI is InChI=1S/C14H27N3O/c1-13(16-8-6-7-9-16)12-15-14(18)17-10-4-2-3-5-11-17/h13H,2-12H2,1H3,(H,15,18). The Bertz CT molecular complexity index is 256. The van der Waals surface area contributed by atoms with Crippen molar-refractivity contribution in [1.82, 2.24) is 15.1 Å². The number of hydrogen-bond acceptors (Lipinski definition) is 2. The number of carbonyl (C=O) groups is 1. The molecule has 2 aliphatic heterocycles. The SMILES string of the molecule is CC(CNC(=O)N1CCCCCC1)N1CCCC1. The van der Waals surface area contributed by atoms with Crippen LogP contribution in [0.15, 0.2) is 0 Å². The molecule has 1 unspecified atom stereocenters. The summed E-state index contributed by atoms with van der Waals surface area (Å²) in [5.41, 5.74) is 0. The van der Waals surface area contributed by atoms with Crippen LogP contribution in [0.25, 0.3) is 0 Å². The Morgan fingerprint density at radius 1 is 1.00 bits per heavy atom. The lowest BCUT2D eigenvalue weighted by Gasteiger charge is -2.26. The fourth-order valence-corrected chi connectivity index (χ4v) is 2.93. The summed E-state index contributed by atoms with van der Waals surface area (Å²) in [5, 5.41) is 3.10. The zero-order valence-corrected chi connectivity index (χ0v) is 11.7. The van der Waals surface area contributed by atoms with E-state index in [0.29, 0.717) is 6.04 Å². The van der Waals surface area contributed by atoms with Crippen LogP contribution in [0.4, 0.5) is 4.79 Å². The molecule has 2 rings (SSSR count).